The van der Waals surface area contributed by atoms with Crippen LogP contribution in [-0.4, -0.2) is 67.5 Å². The van der Waals surface area contributed by atoms with Crippen molar-refractivity contribution >= 4 is 11.7 Å². The lowest BCUT2D eigenvalue weighted by atomic mass is 9.45. The number of carbonyl (C=O) groups excluding carboxylic acids is 1. The summed E-state index contributed by atoms with van der Waals surface area (Å²) in [5.41, 5.74) is 0.786. The summed E-state index contributed by atoms with van der Waals surface area (Å²) < 4.78 is 11.1. The Morgan fingerprint density at radius 3 is 2.77 bits per heavy atom. The first-order valence-electron chi connectivity index (χ1n) is 11.4. The van der Waals surface area contributed by atoms with Gasteiger partial charge in [0.15, 0.2) is 0 Å². The van der Waals surface area contributed by atoms with Gasteiger partial charge in [-0.2, -0.15) is 0 Å². The van der Waals surface area contributed by atoms with Gasteiger partial charge in [-0.3, -0.25) is 9.69 Å². The summed E-state index contributed by atoms with van der Waals surface area (Å²) in [4.78, 5) is 16.7. The van der Waals surface area contributed by atoms with Gasteiger partial charge in [-0.15, -0.1) is 0 Å². The van der Waals surface area contributed by atoms with E-state index >= 15 is 0 Å². The Kier molecular flexibility index (Phi) is 4.52. The minimum Gasteiger partial charge on any atom is -0.497 e. The molecule has 6 heteroatoms. The molecule has 2 unspecified atom stereocenters. The molecule has 4 aliphatic rings. The predicted molar refractivity (Wildman–Crippen MR) is 119 cm³/mol. The Morgan fingerprint density at radius 2 is 2.10 bits per heavy atom. The highest BCUT2D eigenvalue weighted by molar-refractivity contribution is 5.70. The molecular formula is C25H34N2O4. The van der Waals surface area contributed by atoms with Gasteiger partial charge in [0, 0.05) is 55.1 Å². The monoisotopic (exact) mass is 426 g/mol. The average Bonchev–Trinajstić information content (AvgIpc) is 3.28. The van der Waals surface area contributed by atoms with Gasteiger partial charge in [0.2, 0.25) is 0 Å². The van der Waals surface area contributed by atoms with E-state index in [1.807, 2.05) is 6.07 Å². The molecule has 1 N–H and O–H groups in total. The molecule has 168 valence electrons. The van der Waals surface area contributed by atoms with Gasteiger partial charge in [0.1, 0.15) is 18.0 Å². The molecule has 5 rings (SSSR count). The van der Waals surface area contributed by atoms with Crippen molar-refractivity contribution in [1.29, 1.82) is 0 Å². The second kappa shape index (κ2) is 6.72. The van der Waals surface area contributed by atoms with Crippen molar-refractivity contribution in [3.63, 3.8) is 0 Å². The first kappa shape index (κ1) is 20.8. The summed E-state index contributed by atoms with van der Waals surface area (Å²) in [6.45, 7) is 7.76. The fraction of sp³-hybridized carbons (Fsp3) is 0.640. The lowest BCUT2D eigenvalue weighted by molar-refractivity contribution is -0.188. The molecule has 1 saturated heterocycles. The standard InChI is InChI=1S/C25H34N2O4/c1-6-23-10-7-12-27-13-11-24(21(23)27)19-9-8-18(30-5)14-20(19)26(4)22(24)25(29,16(23)2)15-31-17(3)28/h7-10,14,16,21-22,29H,6,11-13,15H2,1-5H3/t16-,21?,22-,23+,24-,25?/m1/s1. The number of methoxy groups -OCH3 is 1. The molecular weight excluding hydrogens is 392 g/mol. The molecule has 1 aromatic carbocycles. The molecule has 0 amide bonds. The van der Waals surface area contributed by atoms with Gasteiger partial charge in [-0.05, 0) is 31.0 Å². The molecule has 0 radical (unpaired) electrons. The number of aliphatic hydroxyl groups is 1. The van der Waals surface area contributed by atoms with Crippen LogP contribution in [0, 0.1) is 11.3 Å². The minimum atomic E-state index is -1.18. The van der Waals surface area contributed by atoms with E-state index in [9.17, 15) is 9.90 Å². The highest BCUT2D eigenvalue weighted by Gasteiger charge is 2.75. The van der Waals surface area contributed by atoms with Crippen LogP contribution in [0.5, 0.6) is 5.75 Å². The van der Waals surface area contributed by atoms with E-state index in [1.54, 1.807) is 7.11 Å². The van der Waals surface area contributed by atoms with Gasteiger partial charge in [-0.25, -0.2) is 0 Å². The first-order valence-corrected chi connectivity index (χ1v) is 11.4. The third kappa shape index (κ3) is 2.38. The highest BCUT2D eigenvalue weighted by atomic mass is 16.5. The summed E-state index contributed by atoms with van der Waals surface area (Å²) in [7, 11) is 3.76. The Morgan fingerprint density at radius 1 is 1.32 bits per heavy atom. The fourth-order valence-corrected chi connectivity index (χ4v) is 7.86. The van der Waals surface area contributed by atoms with Gasteiger partial charge >= 0.3 is 5.97 Å². The maximum Gasteiger partial charge on any atom is 0.302 e. The van der Waals surface area contributed by atoms with Crippen molar-refractivity contribution < 1.29 is 19.4 Å². The normalized spacial score (nSPS) is 40.3. The number of nitrogens with zero attached hydrogens (tertiary/aromatic N) is 2. The van der Waals surface area contributed by atoms with Crippen LogP contribution >= 0.6 is 0 Å². The molecule has 0 bridgehead atoms. The number of carbonyl (C=O) groups is 1. The van der Waals surface area contributed by atoms with Crippen LogP contribution in [0.15, 0.2) is 30.4 Å². The van der Waals surface area contributed by atoms with Crippen molar-refractivity contribution in [3.8, 4) is 5.75 Å². The van der Waals surface area contributed by atoms with Crippen LogP contribution in [-0.2, 0) is 14.9 Å². The number of likely N-dealkylation sites (N-methyl/N-ethyl adjacent to an activating group) is 1. The van der Waals surface area contributed by atoms with Crippen LogP contribution < -0.4 is 9.64 Å². The van der Waals surface area contributed by atoms with E-state index in [0.717, 1.165) is 37.4 Å². The molecule has 1 saturated carbocycles. The van der Waals surface area contributed by atoms with Gasteiger partial charge in [0.25, 0.3) is 0 Å². The maximum atomic E-state index is 12.5. The molecule has 31 heavy (non-hydrogen) atoms. The Balaban J connectivity index is 1.78. The van der Waals surface area contributed by atoms with E-state index in [1.165, 1.54) is 12.5 Å². The molecule has 1 aliphatic carbocycles. The van der Waals surface area contributed by atoms with E-state index in [-0.39, 0.29) is 35.4 Å². The van der Waals surface area contributed by atoms with Crippen molar-refractivity contribution in [2.45, 2.75) is 56.7 Å². The number of esters is 1. The zero-order chi connectivity index (χ0) is 22.2. The van der Waals surface area contributed by atoms with Crippen molar-refractivity contribution in [1.82, 2.24) is 4.90 Å². The average molecular weight is 427 g/mol. The summed E-state index contributed by atoms with van der Waals surface area (Å²) in [5.74, 6) is 0.384. The van der Waals surface area contributed by atoms with Crippen LogP contribution in [0.2, 0.25) is 0 Å². The summed E-state index contributed by atoms with van der Waals surface area (Å²) in [6.07, 6.45) is 6.54. The zero-order valence-electron chi connectivity index (χ0n) is 19.2. The third-order valence-corrected chi connectivity index (χ3v) is 9.05. The number of hydrogen-bond donors (Lipinski definition) is 1. The first-order chi connectivity index (χ1) is 14.8. The van der Waals surface area contributed by atoms with E-state index in [2.05, 4.69) is 55.0 Å². The Labute approximate surface area is 184 Å². The number of anilines is 1. The summed E-state index contributed by atoms with van der Waals surface area (Å²) in [6, 6.07) is 6.45. The molecule has 6 nitrogen and oxygen atoms in total. The topological polar surface area (TPSA) is 62.2 Å². The van der Waals surface area contributed by atoms with Crippen LogP contribution in [0.1, 0.15) is 39.2 Å². The molecule has 3 heterocycles. The van der Waals surface area contributed by atoms with Crippen LogP contribution in [0.3, 0.4) is 0 Å². The molecule has 3 aliphatic heterocycles. The van der Waals surface area contributed by atoms with E-state index < -0.39 is 5.60 Å². The van der Waals surface area contributed by atoms with Crippen molar-refractivity contribution in [3.05, 3.63) is 35.9 Å². The second-order valence-corrected chi connectivity index (χ2v) is 9.95. The van der Waals surface area contributed by atoms with Crippen LogP contribution in [0.25, 0.3) is 0 Å². The summed E-state index contributed by atoms with van der Waals surface area (Å²) >= 11 is 0. The lowest BCUT2D eigenvalue weighted by Gasteiger charge is -2.65. The zero-order valence-corrected chi connectivity index (χ0v) is 19.2. The van der Waals surface area contributed by atoms with E-state index in [4.69, 9.17) is 9.47 Å². The highest BCUT2D eigenvalue weighted by Crippen LogP contribution is 2.68. The molecule has 1 spiro atoms. The smallest absolute Gasteiger partial charge is 0.302 e. The number of ether oxygens (including phenoxy) is 2. The summed E-state index contributed by atoms with van der Waals surface area (Å²) in [5, 5.41) is 12.5. The molecule has 2 fully saturated rings. The lowest BCUT2D eigenvalue weighted by Crippen LogP contribution is -2.77. The van der Waals surface area contributed by atoms with Crippen LogP contribution in [0.4, 0.5) is 5.69 Å². The number of fused-ring (bicyclic) bond motifs is 1. The SMILES string of the molecule is CC[C@]12C=CCN3CC[C@@]4(c5ccc(OC)cc5N(C)[C@H]4C(O)(COC(C)=O)[C@@H]1C)C32. The van der Waals surface area contributed by atoms with Gasteiger partial charge in [0.05, 0.1) is 13.2 Å². The number of rotatable bonds is 4. The molecule has 0 aromatic heterocycles. The second-order valence-electron chi connectivity index (χ2n) is 9.95. The largest absolute Gasteiger partial charge is 0.497 e. The van der Waals surface area contributed by atoms with E-state index in [0.29, 0.717) is 6.04 Å². The predicted octanol–water partition coefficient (Wildman–Crippen LogP) is 2.74. The van der Waals surface area contributed by atoms with Crippen molar-refractivity contribution in [2.75, 3.05) is 38.8 Å². The maximum absolute atomic E-state index is 12.5. The molecule has 1 aromatic rings. The van der Waals surface area contributed by atoms with Gasteiger partial charge < -0.3 is 19.5 Å². The quantitative estimate of drug-likeness (QED) is 0.590. The minimum absolute atomic E-state index is 0.00763. The van der Waals surface area contributed by atoms with Gasteiger partial charge in [-0.1, -0.05) is 32.1 Å². The number of hydrogen-bond acceptors (Lipinski definition) is 6. The number of benzene rings is 1. The Hall–Kier alpha value is -2.05. The third-order valence-electron chi connectivity index (χ3n) is 9.05. The molecule has 6 atom stereocenters. The fourth-order valence-electron chi connectivity index (χ4n) is 7.86. The van der Waals surface area contributed by atoms with Crippen molar-refractivity contribution in [2.24, 2.45) is 11.3 Å². The Bertz CT molecular complexity index is 947.